The molecule has 0 spiro atoms. The second-order valence-electron chi connectivity index (χ2n) is 4.25. The Balaban J connectivity index is 1.92. The van der Waals surface area contributed by atoms with Gasteiger partial charge in [0.05, 0.1) is 13.2 Å². The quantitative estimate of drug-likeness (QED) is 0.838. The lowest BCUT2D eigenvalue weighted by atomic mass is 10.0. The molecule has 2 heterocycles. The number of rotatable bonds is 3. The van der Waals surface area contributed by atoms with E-state index in [1.807, 2.05) is 0 Å². The van der Waals surface area contributed by atoms with Crippen molar-refractivity contribution >= 4 is 0 Å². The van der Waals surface area contributed by atoms with Gasteiger partial charge in [0.15, 0.2) is 0 Å². The Morgan fingerprint density at radius 1 is 1.39 bits per heavy atom. The van der Waals surface area contributed by atoms with Crippen molar-refractivity contribution in [1.82, 2.24) is 4.98 Å². The molecule has 1 atom stereocenters. The average Bonchev–Trinajstić information content (AvgIpc) is 2.37. The first-order valence-corrected chi connectivity index (χ1v) is 5.80. The molecule has 100 valence electrons. The highest BCUT2D eigenvalue weighted by Crippen LogP contribution is 2.28. The van der Waals surface area contributed by atoms with E-state index >= 15 is 0 Å². The monoisotopic (exact) mass is 261 g/mol. The SMILES string of the molecule is FC(F)(F)c1cccc(OCC2CCCOC2)n1. The van der Waals surface area contributed by atoms with Crippen LogP contribution in [0.25, 0.3) is 0 Å². The second kappa shape index (κ2) is 5.56. The van der Waals surface area contributed by atoms with Crippen molar-refractivity contribution < 1.29 is 22.6 Å². The van der Waals surface area contributed by atoms with E-state index in [9.17, 15) is 13.2 Å². The lowest BCUT2D eigenvalue weighted by Crippen LogP contribution is -2.23. The maximum atomic E-state index is 12.4. The van der Waals surface area contributed by atoms with Gasteiger partial charge in [-0.15, -0.1) is 0 Å². The van der Waals surface area contributed by atoms with Crippen LogP contribution in [0.4, 0.5) is 13.2 Å². The Labute approximate surface area is 103 Å². The van der Waals surface area contributed by atoms with E-state index in [1.165, 1.54) is 12.1 Å². The maximum Gasteiger partial charge on any atom is 0.433 e. The number of ether oxygens (including phenoxy) is 2. The van der Waals surface area contributed by atoms with Gasteiger partial charge in [-0.05, 0) is 18.9 Å². The fraction of sp³-hybridized carbons (Fsp3) is 0.583. The average molecular weight is 261 g/mol. The number of hydrogen-bond acceptors (Lipinski definition) is 3. The summed E-state index contributed by atoms with van der Waals surface area (Å²) >= 11 is 0. The Bertz CT molecular complexity index is 389. The molecular formula is C12H14F3NO2. The van der Waals surface area contributed by atoms with Crippen molar-refractivity contribution in [3.63, 3.8) is 0 Å². The molecule has 1 aromatic rings. The summed E-state index contributed by atoms with van der Waals surface area (Å²) < 4.78 is 47.8. The molecule has 6 heteroatoms. The Morgan fingerprint density at radius 2 is 2.22 bits per heavy atom. The van der Waals surface area contributed by atoms with E-state index in [1.54, 1.807) is 0 Å². The summed E-state index contributed by atoms with van der Waals surface area (Å²) in [5, 5.41) is 0. The molecule has 0 N–H and O–H groups in total. The molecule has 0 bridgehead atoms. The van der Waals surface area contributed by atoms with E-state index in [0.29, 0.717) is 13.2 Å². The summed E-state index contributed by atoms with van der Waals surface area (Å²) in [5.41, 5.74) is -0.931. The van der Waals surface area contributed by atoms with Gasteiger partial charge in [0.1, 0.15) is 5.69 Å². The third-order valence-corrected chi connectivity index (χ3v) is 2.74. The molecule has 1 aliphatic rings. The van der Waals surface area contributed by atoms with Gasteiger partial charge in [-0.1, -0.05) is 6.07 Å². The van der Waals surface area contributed by atoms with Gasteiger partial charge in [-0.3, -0.25) is 0 Å². The normalized spacial score (nSPS) is 20.7. The molecule has 0 radical (unpaired) electrons. The smallest absolute Gasteiger partial charge is 0.433 e. The summed E-state index contributed by atoms with van der Waals surface area (Å²) in [7, 11) is 0. The molecule has 3 nitrogen and oxygen atoms in total. The van der Waals surface area contributed by atoms with E-state index < -0.39 is 11.9 Å². The second-order valence-corrected chi connectivity index (χ2v) is 4.25. The molecule has 2 rings (SSSR count). The van der Waals surface area contributed by atoms with Crippen LogP contribution in [0.2, 0.25) is 0 Å². The summed E-state index contributed by atoms with van der Waals surface area (Å²) in [4.78, 5) is 3.44. The Morgan fingerprint density at radius 3 is 2.89 bits per heavy atom. The lowest BCUT2D eigenvalue weighted by molar-refractivity contribution is -0.141. The molecule has 0 amide bonds. The number of alkyl halides is 3. The van der Waals surface area contributed by atoms with Crippen LogP contribution < -0.4 is 4.74 Å². The molecule has 1 saturated heterocycles. The fourth-order valence-corrected chi connectivity index (χ4v) is 1.80. The fourth-order valence-electron chi connectivity index (χ4n) is 1.80. The standard InChI is InChI=1S/C12H14F3NO2/c13-12(14,15)10-4-1-5-11(16-10)18-8-9-3-2-6-17-7-9/h1,4-5,9H,2-3,6-8H2. The van der Waals surface area contributed by atoms with Crippen molar-refractivity contribution in [3.8, 4) is 5.88 Å². The summed E-state index contributed by atoms with van der Waals surface area (Å²) in [6.45, 7) is 1.69. The van der Waals surface area contributed by atoms with Crippen LogP contribution in [0.15, 0.2) is 18.2 Å². The lowest BCUT2D eigenvalue weighted by Gasteiger charge is -2.21. The first-order valence-electron chi connectivity index (χ1n) is 5.80. The van der Waals surface area contributed by atoms with Gasteiger partial charge < -0.3 is 9.47 Å². The van der Waals surface area contributed by atoms with Crippen LogP contribution >= 0.6 is 0 Å². The van der Waals surface area contributed by atoms with Gasteiger partial charge in [-0.25, -0.2) is 4.98 Å². The number of aromatic nitrogens is 1. The topological polar surface area (TPSA) is 31.4 Å². The van der Waals surface area contributed by atoms with Gasteiger partial charge >= 0.3 is 6.18 Å². The first kappa shape index (κ1) is 13.1. The molecule has 1 aromatic heterocycles. The molecular weight excluding hydrogens is 247 g/mol. The molecule has 0 aromatic carbocycles. The maximum absolute atomic E-state index is 12.4. The van der Waals surface area contributed by atoms with E-state index in [4.69, 9.17) is 9.47 Å². The molecule has 1 fully saturated rings. The minimum atomic E-state index is -4.44. The third-order valence-electron chi connectivity index (χ3n) is 2.74. The molecule has 0 aliphatic carbocycles. The number of pyridine rings is 1. The number of nitrogens with zero attached hydrogens (tertiary/aromatic N) is 1. The molecule has 0 saturated carbocycles. The molecule has 1 aliphatic heterocycles. The highest BCUT2D eigenvalue weighted by Gasteiger charge is 2.32. The molecule has 1 unspecified atom stereocenters. The predicted octanol–water partition coefficient (Wildman–Crippen LogP) is 2.91. The minimum absolute atomic E-state index is 0.00963. The van der Waals surface area contributed by atoms with E-state index in [2.05, 4.69) is 4.98 Å². The van der Waals surface area contributed by atoms with Gasteiger partial charge in [0.25, 0.3) is 0 Å². The van der Waals surface area contributed by atoms with Crippen LogP contribution in [-0.4, -0.2) is 24.8 Å². The first-order chi connectivity index (χ1) is 8.55. The zero-order valence-corrected chi connectivity index (χ0v) is 9.74. The Hall–Kier alpha value is -1.30. The summed E-state index contributed by atoms with van der Waals surface area (Å²) in [5.74, 6) is 0.241. The largest absolute Gasteiger partial charge is 0.477 e. The van der Waals surface area contributed by atoms with Crippen LogP contribution in [0.5, 0.6) is 5.88 Å². The van der Waals surface area contributed by atoms with Crippen LogP contribution in [-0.2, 0) is 10.9 Å². The zero-order valence-electron chi connectivity index (χ0n) is 9.74. The van der Waals surface area contributed by atoms with Crippen molar-refractivity contribution in [2.45, 2.75) is 19.0 Å². The van der Waals surface area contributed by atoms with E-state index in [-0.39, 0.29) is 11.8 Å². The number of hydrogen-bond donors (Lipinski definition) is 0. The van der Waals surface area contributed by atoms with Gasteiger partial charge in [-0.2, -0.15) is 13.2 Å². The minimum Gasteiger partial charge on any atom is -0.477 e. The predicted molar refractivity (Wildman–Crippen MR) is 58.3 cm³/mol. The van der Waals surface area contributed by atoms with Crippen molar-refractivity contribution in [3.05, 3.63) is 23.9 Å². The van der Waals surface area contributed by atoms with Crippen LogP contribution in [0.3, 0.4) is 0 Å². The zero-order chi connectivity index (χ0) is 13.0. The van der Waals surface area contributed by atoms with E-state index in [0.717, 1.165) is 25.5 Å². The molecule has 18 heavy (non-hydrogen) atoms. The van der Waals surface area contributed by atoms with Gasteiger partial charge in [0, 0.05) is 18.6 Å². The Kier molecular flexibility index (Phi) is 4.06. The van der Waals surface area contributed by atoms with Crippen molar-refractivity contribution in [2.24, 2.45) is 5.92 Å². The number of halogens is 3. The van der Waals surface area contributed by atoms with Crippen LogP contribution in [0, 0.1) is 5.92 Å². The van der Waals surface area contributed by atoms with Crippen molar-refractivity contribution in [2.75, 3.05) is 19.8 Å². The van der Waals surface area contributed by atoms with Crippen molar-refractivity contribution in [1.29, 1.82) is 0 Å². The third kappa shape index (κ3) is 3.60. The van der Waals surface area contributed by atoms with Crippen LogP contribution in [0.1, 0.15) is 18.5 Å². The highest BCUT2D eigenvalue weighted by molar-refractivity contribution is 5.17. The summed E-state index contributed by atoms with van der Waals surface area (Å²) in [6, 6.07) is 3.65. The van der Waals surface area contributed by atoms with Gasteiger partial charge in [0.2, 0.25) is 5.88 Å². The highest BCUT2D eigenvalue weighted by atomic mass is 19.4. The summed E-state index contributed by atoms with van der Waals surface area (Å²) in [6.07, 6.45) is -2.50.